The summed E-state index contributed by atoms with van der Waals surface area (Å²) in [5.41, 5.74) is 10.5. The zero-order chi connectivity index (χ0) is 30.9. The molecule has 5 rings (SSSR count). The summed E-state index contributed by atoms with van der Waals surface area (Å²) in [4.78, 5) is 2.53. The second kappa shape index (κ2) is 13.2. The average Bonchev–Trinajstić information content (AvgIpc) is 3.30. The first kappa shape index (κ1) is 32.5. The van der Waals surface area contributed by atoms with E-state index < -0.39 is 0 Å². The van der Waals surface area contributed by atoms with Crippen LogP contribution >= 0.6 is 43.5 Å². The number of anilines is 1. The van der Waals surface area contributed by atoms with Crippen LogP contribution in [0.1, 0.15) is 97.6 Å². The first-order valence-electron chi connectivity index (χ1n) is 16.0. The molecule has 43 heavy (non-hydrogen) atoms. The van der Waals surface area contributed by atoms with Gasteiger partial charge in [-0.25, -0.2) is 0 Å². The lowest BCUT2D eigenvalue weighted by molar-refractivity contribution is -0.438. The van der Waals surface area contributed by atoms with Crippen molar-refractivity contribution < 1.29 is 4.58 Å². The topological polar surface area (TPSA) is 6.25 Å². The van der Waals surface area contributed by atoms with E-state index in [-0.39, 0.29) is 10.8 Å². The van der Waals surface area contributed by atoms with Crippen LogP contribution in [0.5, 0.6) is 0 Å². The molecule has 0 saturated carbocycles. The molecule has 2 heterocycles. The molecule has 0 spiro atoms. The molecular weight excluding hydrogens is 680 g/mol. The average molecular weight is 726 g/mol. The molecule has 2 aromatic carbocycles. The predicted octanol–water partition coefficient (Wildman–Crippen LogP) is 12.0. The van der Waals surface area contributed by atoms with Crippen LogP contribution in [0.4, 0.5) is 11.4 Å². The van der Waals surface area contributed by atoms with E-state index in [0.29, 0.717) is 0 Å². The molecule has 0 bridgehead atoms. The Labute approximate surface area is 281 Å². The molecule has 5 heteroatoms. The van der Waals surface area contributed by atoms with Crippen LogP contribution in [0.25, 0.3) is 0 Å². The smallest absolute Gasteiger partial charge is 0.210 e. The molecule has 0 atom stereocenters. The van der Waals surface area contributed by atoms with Crippen LogP contribution in [0.2, 0.25) is 0 Å². The van der Waals surface area contributed by atoms with Gasteiger partial charge in [0, 0.05) is 61.4 Å². The Morgan fingerprint density at radius 1 is 0.860 bits per heavy atom. The number of rotatable bonds is 9. The fourth-order valence-electron chi connectivity index (χ4n) is 7.00. The van der Waals surface area contributed by atoms with Crippen molar-refractivity contribution >= 4 is 60.5 Å². The molecule has 1 aliphatic carbocycles. The van der Waals surface area contributed by atoms with Gasteiger partial charge in [-0.2, -0.15) is 4.58 Å². The second-order valence-electron chi connectivity index (χ2n) is 13.2. The van der Waals surface area contributed by atoms with E-state index in [0.717, 1.165) is 59.2 Å². The van der Waals surface area contributed by atoms with Gasteiger partial charge in [0.25, 0.3) is 0 Å². The summed E-state index contributed by atoms with van der Waals surface area (Å²) in [5, 5.41) is 0.923. The van der Waals surface area contributed by atoms with Gasteiger partial charge >= 0.3 is 0 Å². The maximum Gasteiger partial charge on any atom is 0.210 e. The van der Waals surface area contributed by atoms with Crippen molar-refractivity contribution in [3.63, 3.8) is 0 Å². The molecule has 3 aliphatic rings. The first-order chi connectivity index (χ1) is 20.5. The van der Waals surface area contributed by atoms with Gasteiger partial charge in [0.1, 0.15) is 6.54 Å². The third-order valence-corrected chi connectivity index (χ3v) is 11.0. The highest BCUT2D eigenvalue weighted by molar-refractivity contribution is 9.10. The minimum atomic E-state index is -0.0644. The summed E-state index contributed by atoms with van der Waals surface area (Å²) >= 11 is 14.6. The minimum Gasteiger partial charge on any atom is -0.344 e. The van der Waals surface area contributed by atoms with Crippen molar-refractivity contribution in [1.29, 1.82) is 0 Å². The van der Waals surface area contributed by atoms with Gasteiger partial charge in [-0.05, 0) is 80.5 Å². The van der Waals surface area contributed by atoms with Crippen molar-refractivity contribution in [1.82, 2.24) is 0 Å². The van der Waals surface area contributed by atoms with E-state index in [1.54, 1.807) is 0 Å². The molecule has 0 unspecified atom stereocenters. The fourth-order valence-corrected chi connectivity index (χ4v) is 8.01. The number of halogens is 3. The summed E-state index contributed by atoms with van der Waals surface area (Å²) in [5.74, 6) is 0. The number of benzene rings is 2. The lowest BCUT2D eigenvalue weighted by Gasteiger charge is -2.27. The van der Waals surface area contributed by atoms with Gasteiger partial charge in [0.2, 0.25) is 5.69 Å². The van der Waals surface area contributed by atoms with E-state index in [4.69, 9.17) is 11.6 Å². The Kier molecular flexibility index (Phi) is 10.0. The number of allylic oxidation sites excluding steroid dienone is 8. The van der Waals surface area contributed by atoms with Crippen molar-refractivity contribution in [2.45, 2.75) is 97.3 Å². The van der Waals surface area contributed by atoms with Crippen LogP contribution in [-0.4, -0.2) is 23.4 Å². The molecular formula is C38H46Br2ClN2+. The maximum absolute atomic E-state index is 7.20. The number of fused-ring (bicyclic) bond motifs is 2. The van der Waals surface area contributed by atoms with Crippen molar-refractivity contribution in [3.8, 4) is 0 Å². The quantitative estimate of drug-likeness (QED) is 0.233. The summed E-state index contributed by atoms with van der Waals surface area (Å²) in [6, 6.07) is 13.5. The third-order valence-electron chi connectivity index (χ3n) is 9.52. The standard InChI is InChI=1S/C38H46Br2ClN2/c1-7-9-22-42-32-24-28(39)16-18-30(32)37(3,4)34(42)20-14-26-12-11-13-27(36(26)41)15-21-35-38(5,6)31-19-17-29(40)25-33(31)43(35)23-10-8-2/h14-21,24-25H,7-13,22-23H2,1-6H3/q+1. The van der Waals surface area contributed by atoms with Gasteiger partial charge in [-0.15, -0.1) is 0 Å². The third kappa shape index (κ3) is 6.31. The van der Waals surface area contributed by atoms with Crippen molar-refractivity contribution in [2.75, 3.05) is 18.0 Å². The molecule has 0 aromatic heterocycles. The Morgan fingerprint density at radius 3 is 2.28 bits per heavy atom. The van der Waals surface area contributed by atoms with Crippen LogP contribution < -0.4 is 4.90 Å². The fraction of sp³-hybridized carbons (Fsp3) is 0.447. The Morgan fingerprint density at radius 2 is 1.56 bits per heavy atom. The molecule has 2 aromatic rings. The van der Waals surface area contributed by atoms with Crippen LogP contribution in [0.15, 0.2) is 91.5 Å². The largest absolute Gasteiger partial charge is 0.344 e. The molecule has 0 radical (unpaired) electrons. The Balaban J connectivity index is 1.50. The zero-order valence-electron chi connectivity index (χ0n) is 26.7. The van der Waals surface area contributed by atoms with E-state index in [1.807, 2.05) is 0 Å². The van der Waals surface area contributed by atoms with Crippen LogP contribution in [-0.2, 0) is 10.8 Å². The Bertz CT molecular complexity index is 1550. The van der Waals surface area contributed by atoms with Gasteiger partial charge < -0.3 is 4.90 Å². The van der Waals surface area contributed by atoms with E-state index in [2.05, 4.69) is 144 Å². The number of hydrogen-bond acceptors (Lipinski definition) is 1. The number of nitrogens with zero attached hydrogens (tertiary/aromatic N) is 2. The molecule has 0 N–H and O–H groups in total. The highest BCUT2D eigenvalue weighted by atomic mass is 79.9. The molecule has 228 valence electrons. The lowest BCUT2D eigenvalue weighted by Crippen LogP contribution is -2.28. The summed E-state index contributed by atoms with van der Waals surface area (Å²) in [6.07, 6.45) is 17.1. The molecule has 0 amide bonds. The van der Waals surface area contributed by atoms with Crippen molar-refractivity contribution in [2.24, 2.45) is 0 Å². The highest BCUT2D eigenvalue weighted by Gasteiger charge is 2.44. The van der Waals surface area contributed by atoms with Crippen LogP contribution in [0.3, 0.4) is 0 Å². The molecule has 2 nitrogen and oxygen atoms in total. The molecule has 0 fully saturated rings. The van der Waals surface area contributed by atoms with E-state index in [9.17, 15) is 0 Å². The first-order valence-corrected chi connectivity index (χ1v) is 18.0. The van der Waals surface area contributed by atoms with Gasteiger partial charge in [0.05, 0.1) is 5.41 Å². The van der Waals surface area contributed by atoms with E-state index in [1.165, 1.54) is 57.9 Å². The monoisotopic (exact) mass is 723 g/mol. The maximum atomic E-state index is 7.20. The van der Waals surface area contributed by atoms with Gasteiger partial charge in [-0.3, -0.25) is 0 Å². The number of hydrogen-bond donors (Lipinski definition) is 0. The highest BCUT2D eigenvalue weighted by Crippen LogP contribution is 2.49. The Hall–Kier alpha value is -1.88. The zero-order valence-corrected chi connectivity index (χ0v) is 30.6. The molecule has 2 aliphatic heterocycles. The minimum absolute atomic E-state index is 0.0644. The molecule has 0 saturated heterocycles. The van der Waals surface area contributed by atoms with Gasteiger partial charge in [-0.1, -0.05) is 108 Å². The van der Waals surface area contributed by atoms with E-state index >= 15 is 0 Å². The summed E-state index contributed by atoms with van der Waals surface area (Å²) in [6.45, 7) is 16.0. The van der Waals surface area contributed by atoms with Crippen LogP contribution in [0, 0.1) is 0 Å². The lowest BCUT2D eigenvalue weighted by atomic mass is 9.81. The van der Waals surface area contributed by atoms with Crippen molar-refractivity contribution in [3.05, 3.63) is 103 Å². The SMILES string of the molecule is CCCCN1/C(=C/C=C2\CCCC(/C=C/C3=[N+](CCCC)c4cc(Br)ccc4C3(C)C)=C2Cl)C(C)(C)c2ccc(Br)cc21. The predicted molar refractivity (Wildman–Crippen MR) is 193 cm³/mol. The summed E-state index contributed by atoms with van der Waals surface area (Å²) < 4.78 is 4.79. The second-order valence-corrected chi connectivity index (χ2v) is 15.4. The number of unbranched alkanes of at least 4 members (excludes halogenated alkanes) is 2. The summed E-state index contributed by atoms with van der Waals surface area (Å²) in [7, 11) is 0. The normalized spacial score (nSPS) is 21.1. The van der Waals surface area contributed by atoms with Gasteiger partial charge in [0.15, 0.2) is 5.71 Å².